The van der Waals surface area contributed by atoms with Crippen LogP contribution in [0.1, 0.15) is 29.2 Å². The number of nitrogens with zero attached hydrogens (tertiary/aromatic N) is 2. The molecule has 0 aliphatic carbocycles. The molecule has 0 unspecified atom stereocenters. The molecule has 0 saturated heterocycles. The zero-order valence-electron chi connectivity index (χ0n) is 20.0. The molecule has 184 valence electrons. The molecule has 0 aliphatic heterocycles. The maximum absolute atomic E-state index is 12.7. The predicted molar refractivity (Wildman–Crippen MR) is 141 cm³/mol. The van der Waals surface area contributed by atoms with Crippen LogP contribution in [0.3, 0.4) is 0 Å². The van der Waals surface area contributed by atoms with E-state index in [0.29, 0.717) is 39.4 Å². The topological polar surface area (TPSA) is 114 Å². The molecule has 0 bridgehead atoms. The number of nitrogens with one attached hydrogen (secondary N) is 1. The van der Waals surface area contributed by atoms with Crippen LogP contribution in [0.4, 0.5) is 11.4 Å². The highest BCUT2D eigenvalue weighted by molar-refractivity contribution is 9.10. The van der Waals surface area contributed by atoms with Crippen molar-refractivity contribution in [1.82, 2.24) is 0 Å². The number of benzene rings is 3. The number of carbonyl (C=O) groups is 1. The Kier molecular flexibility index (Phi) is 8.81. The maximum Gasteiger partial charge on any atom is 0.269 e. The van der Waals surface area contributed by atoms with Crippen LogP contribution in [0.15, 0.2) is 64.6 Å². The van der Waals surface area contributed by atoms with E-state index in [9.17, 15) is 20.2 Å². The lowest BCUT2D eigenvalue weighted by Crippen LogP contribution is -2.13. The highest BCUT2D eigenvalue weighted by atomic mass is 79.9. The first-order chi connectivity index (χ1) is 17.2. The fourth-order valence-corrected chi connectivity index (χ4v) is 3.90. The van der Waals surface area contributed by atoms with Crippen LogP contribution in [0.25, 0.3) is 6.08 Å². The largest absolute Gasteiger partial charge is 0.490 e. The number of halogens is 1. The summed E-state index contributed by atoms with van der Waals surface area (Å²) >= 11 is 3.47. The molecular formula is C27H24BrN3O5. The molecule has 3 rings (SSSR count). The smallest absolute Gasteiger partial charge is 0.269 e. The summed E-state index contributed by atoms with van der Waals surface area (Å²) in [6, 6.07) is 17.0. The monoisotopic (exact) mass is 549 g/mol. The molecule has 8 nitrogen and oxygen atoms in total. The van der Waals surface area contributed by atoms with Gasteiger partial charge in [0.15, 0.2) is 11.5 Å². The number of ether oxygens (including phenoxy) is 2. The van der Waals surface area contributed by atoms with Crippen LogP contribution in [-0.4, -0.2) is 17.4 Å². The Hall–Kier alpha value is -4.16. The minimum absolute atomic E-state index is 0.0243. The highest BCUT2D eigenvalue weighted by Crippen LogP contribution is 2.38. The molecule has 0 fully saturated rings. The van der Waals surface area contributed by atoms with E-state index in [1.807, 2.05) is 39.0 Å². The van der Waals surface area contributed by atoms with E-state index in [2.05, 4.69) is 21.2 Å². The Labute approximate surface area is 217 Å². The van der Waals surface area contributed by atoms with Crippen molar-refractivity contribution in [2.45, 2.75) is 27.4 Å². The van der Waals surface area contributed by atoms with Crippen LogP contribution in [0, 0.1) is 35.3 Å². The number of rotatable bonds is 9. The second-order valence-corrected chi connectivity index (χ2v) is 8.76. The highest BCUT2D eigenvalue weighted by Gasteiger charge is 2.16. The molecule has 36 heavy (non-hydrogen) atoms. The molecule has 9 heteroatoms. The maximum atomic E-state index is 12.7. The number of hydrogen-bond acceptors (Lipinski definition) is 6. The van der Waals surface area contributed by atoms with Gasteiger partial charge in [-0.25, -0.2) is 0 Å². The van der Waals surface area contributed by atoms with Crippen molar-refractivity contribution in [1.29, 1.82) is 5.26 Å². The average molecular weight is 550 g/mol. The average Bonchev–Trinajstić information content (AvgIpc) is 2.84. The lowest BCUT2D eigenvalue weighted by Gasteiger charge is -2.15. The van der Waals surface area contributed by atoms with Gasteiger partial charge in [0.2, 0.25) is 0 Å². The molecule has 0 saturated carbocycles. The van der Waals surface area contributed by atoms with E-state index < -0.39 is 10.8 Å². The fraction of sp³-hybridized carbons (Fsp3) is 0.185. The van der Waals surface area contributed by atoms with Crippen molar-refractivity contribution < 1.29 is 19.2 Å². The van der Waals surface area contributed by atoms with Gasteiger partial charge in [0.25, 0.3) is 11.6 Å². The summed E-state index contributed by atoms with van der Waals surface area (Å²) in [4.78, 5) is 23.3. The Morgan fingerprint density at radius 3 is 2.58 bits per heavy atom. The third-order valence-corrected chi connectivity index (χ3v) is 5.87. The van der Waals surface area contributed by atoms with Gasteiger partial charge < -0.3 is 14.8 Å². The van der Waals surface area contributed by atoms with E-state index in [4.69, 9.17) is 9.47 Å². The number of non-ortho nitro benzene ring substituents is 1. The van der Waals surface area contributed by atoms with E-state index in [1.54, 1.807) is 30.3 Å². The third kappa shape index (κ3) is 6.71. The first kappa shape index (κ1) is 26.4. The van der Waals surface area contributed by atoms with Crippen LogP contribution in [0.2, 0.25) is 0 Å². The van der Waals surface area contributed by atoms with Gasteiger partial charge in [-0.2, -0.15) is 5.26 Å². The Bertz CT molecular complexity index is 1380. The quantitative estimate of drug-likeness (QED) is 0.141. The number of nitro groups is 1. The molecule has 0 aromatic heterocycles. The number of nitro benzene ring substituents is 1. The molecule has 1 N–H and O–H groups in total. The summed E-state index contributed by atoms with van der Waals surface area (Å²) < 4.78 is 12.2. The molecule has 0 atom stereocenters. The number of aryl methyl sites for hydroxylation is 2. The summed E-state index contributed by atoms with van der Waals surface area (Å²) in [5.74, 6) is 0.273. The van der Waals surface area contributed by atoms with Crippen LogP contribution in [0.5, 0.6) is 11.5 Å². The Morgan fingerprint density at radius 1 is 1.14 bits per heavy atom. The zero-order valence-corrected chi connectivity index (χ0v) is 21.6. The van der Waals surface area contributed by atoms with Gasteiger partial charge in [0.05, 0.1) is 16.0 Å². The second kappa shape index (κ2) is 12.0. The summed E-state index contributed by atoms with van der Waals surface area (Å²) in [5, 5.41) is 23.4. The number of carbonyl (C=O) groups excluding carboxylic acids is 1. The summed E-state index contributed by atoms with van der Waals surface area (Å²) in [7, 11) is 0. The van der Waals surface area contributed by atoms with Gasteiger partial charge in [0, 0.05) is 17.8 Å². The van der Waals surface area contributed by atoms with Crippen LogP contribution < -0.4 is 14.8 Å². The molecular weight excluding hydrogens is 526 g/mol. The minimum Gasteiger partial charge on any atom is -0.490 e. The number of nitriles is 1. The van der Waals surface area contributed by atoms with E-state index in [1.165, 1.54) is 18.2 Å². The molecule has 1 amide bonds. The summed E-state index contributed by atoms with van der Waals surface area (Å²) in [5.41, 5.74) is 3.81. The fourth-order valence-electron chi connectivity index (χ4n) is 3.32. The normalized spacial score (nSPS) is 10.9. The van der Waals surface area contributed by atoms with Crippen molar-refractivity contribution in [3.8, 4) is 17.6 Å². The molecule has 0 aliphatic rings. The molecule has 0 spiro atoms. The summed E-state index contributed by atoms with van der Waals surface area (Å²) in [6.45, 7) is 6.18. The van der Waals surface area contributed by atoms with E-state index in [-0.39, 0.29) is 17.9 Å². The zero-order chi connectivity index (χ0) is 26.2. The first-order valence-electron chi connectivity index (χ1n) is 11.0. The van der Waals surface area contributed by atoms with Crippen molar-refractivity contribution in [3.05, 3.63) is 97.0 Å². The molecule has 3 aromatic carbocycles. The standard InChI is InChI=1S/C27H24BrN3O5/c1-4-35-25-14-20(11-21(15-29)27(32)30-22-9-8-17(2)18(3)10-22)13-24(28)26(25)36-16-19-6-5-7-23(12-19)31(33)34/h5-14H,4,16H2,1-3H3,(H,30,32)/b21-11+. The number of amides is 1. The van der Waals surface area contributed by atoms with Gasteiger partial charge >= 0.3 is 0 Å². The Morgan fingerprint density at radius 2 is 1.92 bits per heavy atom. The Balaban J connectivity index is 1.85. The first-order valence-corrected chi connectivity index (χ1v) is 11.8. The SMILES string of the molecule is CCOc1cc(/C=C(\C#N)C(=O)Nc2ccc(C)c(C)c2)cc(Br)c1OCc1cccc([N+](=O)[O-])c1. The van der Waals surface area contributed by atoms with Gasteiger partial charge in [0.1, 0.15) is 18.2 Å². The van der Waals surface area contributed by atoms with Gasteiger partial charge in [-0.15, -0.1) is 0 Å². The van der Waals surface area contributed by atoms with Crippen molar-refractivity contribution in [3.63, 3.8) is 0 Å². The van der Waals surface area contributed by atoms with Crippen molar-refractivity contribution in [2.75, 3.05) is 11.9 Å². The number of anilines is 1. The predicted octanol–water partition coefficient (Wildman–Crippen LogP) is 6.50. The van der Waals surface area contributed by atoms with Crippen LogP contribution in [-0.2, 0) is 11.4 Å². The van der Waals surface area contributed by atoms with E-state index >= 15 is 0 Å². The molecule has 3 aromatic rings. The van der Waals surface area contributed by atoms with Crippen LogP contribution >= 0.6 is 15.9 Å². The summed E-state index contributed by atoms with van der Waals surface area (Å²) in [6.07, 6.45) is 1.47. The van der Waals surface area contributed by atoms with Crippen molar-refractivity contribution in [2.24, 2.45) is 0 Å². The van der Waals surface area contributed by atoms with Gasteiger partial charge in [-0.1, -0.05) is 18.2 Å². The molecule has 0 radical (unpaired) electrons. The second-order valence-electron chi connectivity index (χ2n) is 7.90. The lowest BCUT2D eigenvalue weighted by molar-refractivity contribution is -0.384. The van der Waals surface area contributed by atoms with E-state index in [0.717, 1.165) is 11.1 Å². The number of hydrogen-bond donors (Lipinski definition) is 1. The van der Waals surface area contributed by atoms with Crippen molar-refractivity contribution >= 4 is 39.3 Å². The van der Waals surface area contributed by atoms with Gasteiger partial charge in [-0.3, -0.25) is 14.9 Å². The van der Waals surface area contributed by atoms with Gasteiger partial charge in [-0.05, 0) is 89.3 Å². The minimum atomic E-state index is -0.527. The molecule has 0 heterocycles. The lowest BCUT2D eigenvalue weighted by atomic mass is 10.1. The third-order valence-electron chi connectivity index (χ3n) is 5.28.